The third-order valence-corrected chi connectivity index (χ3v) is 16.5. The van der Waals surface area contributed by atoms with Crippen LogP contribution in [-0.4, -0.2) is 15.9 Å². The molecule has 0 amide bonds. The second-order valence-corrected chi connectivity index (χ2v) is 20.6. The van der Waals surface area contributed by atoms with Crippen LogP contribution in [0.25, 0.3) is 133 Å². The minimum Gasteiger partial charge on any atom is -0.375 e. The molecule has 1 aliphatic carbocycles. The number of hydrogen-bond donors (Lipinski definition) is 0. The van der Waals surface area contributed by atoms with Crippen LogP contribution in [-0.2, 0) is 0 Å². The van der Waals surface area contributed by atoms with Gasteiger partial charge in [0, 0.05) is 43.8 Å². The van der Waals surface area contributed by atoms with Crippen LogP contribution in [0.15, 0.2) is 249 Å². The third-order valence-electron chi connectivity index (χ3n) is 16.5. The highest BCUT2D eigenvalue weighted by atomic mass is 15.0. The Morgan fingerprint density at radius 3 is 1.41 bits per heavy atom. The largest absolute Gasteiger partial charge is 0.375 e. The zero-order chi connectivity index (χ0) is 48.4. The topological polar surface area (TPSA) is 9.86 Å². The summed E-state index contributed by atoms with van der Waals surface area (Å²) >= 11 is 0. The Labute approximate surface area is 430 Å². The van der Waals surface area contributed by atoms with Crippen LogP contribution in [0.1, 0.15) is 24.8 Å². The van der Waals surface area contributed by atoms with Crippen LogP contribution in [0, 0.1) is 0 Å². The maximum Gasteiger partial charge on any atom is 0.333 e. The van der Waals surface area contributed by atoms with Crippen LogP contribution >= 0.6 is 0 Å². The van der Waals surface area contributed by atoms with Crippen LogP contribution in [0.4, 0.5) is 0 Å². The number of aromatic nitrogens is 2. The molecule has 13 aromatic rings. The second-order valence-electron chi connectivity index (χ2n) is 20.6. The fourth-order valence-electron chi connectivity index (χ4n) is 13.2. The lowest BCUT2D eigenvalue weighted by atomic mass is 9.45. The van der Waals surface area contributed by atoms with Crippen molar-refractivity contribution in [2.45, 2.75) is 19.3 Å². The molecule has 0 fully saturated rings. The molecule has 16 rings (SSSR count). The van der Waals surface area contributed by atoms with Crippen molar-refractivity contribution >= 4 is 67.0 Å². The average molecular weight is 939 g/mol. The molecule has 0 spiro atoms. The van der Waals surface area contributed by atoms with E-state index in [2.05, 4.69) is 258 Å². The molecule has 0 saturated carbocycles. The van der Waals surface area contributed by atoms with Crippen molar-refractivity contribution in [3.8, 4) is 83.6 Å². The molecule has 2 nitrogen and oxygen atoms in total. The van der Waals surface area contributed by atoms with E-state index in [1.54, 1.807) is 0 Å². The normalized spacial score (nSPS) is 13.3. The fraction of sp³-hybridized carbons (Fsp3) is 0.0423. The summed E-state index contributed by atoms with van der Waals surface area (Å²) in [4.78, 5) is 0. The van der Waals surface area contributed by atoms with Gasteiger partial charge >= 0.3 is 6.85 Å². The van der Waals surface area contributed by atoms with E-state index in [1.807, 2.05) is 0 Å². The first-order chi connectivity index (χ1) is 36.7. The maximum atomic E-state index is 2.74. The lowest BCUT2D eigenvalue weighted by molar-refractivity contribution is 0.935. The molecule has 0 N–H and O–H groups in total. The van der Waals surface area contributed by atoms with Gasteiger partial charge in [-0.15, -0.1) is 0 Å². The van der Waals surface area contributed by atoms with Gasteiger partial charge in [-0.05, 0) is 180 Å². The first-order valence-electron chi connectivity index (χ1n) is 26.2. The summed E-state index contributed by atoms with van der Waals surface area (Å²) in [5.41, 5.74) is 29.1. The van der Waals surface area contributed by atoms with E-state index in [-0.39, 0.29) is 6.85 Å². The Hall–Kier alpha value is -9.18. The number of rotatable bonds is 7. The van der Waals surface area contributed by atoms with Crippen molar-refractivity contribution in [2.24, 2.45) is 0 Å². The van der Waals surface area contributed by atoms with E-state index >= 15 is 0 Å². The highest BCUT2D eigenvalue weighted by Crippen LogP contribution is 2.50. The fourth-order valence-corrected chi connectivity index (χ4v) is 13.2. The molecule has 344 valence electrons. The van der Waals surface area contributed by atoms with Crippen molar-refractivity contribution in [1.29, 1.82) is 0 Å². The zero-order valence-electron chi connectivity index (χ0n) is 40.8. The Morgan fingerprint density at radius 1 is 0.338 bits per heavy atom. The molecule has 3 aliphatic rings. The highest BCUT2D eigenvalue weighted by molar-refractivity contribution is 6.90. The highest BCUT2D eigenvalue weighted by Gasteiger charge is 2.43. The van der Waals surface area contributed by atoms with E-state index in [1.165, 1.54) is 156 Å². The lowest BCUT2D eigenvalue weighted by Gasteiger charge is -2.35. The molecular formula is C71H47BN2. The molecule has 3 heteroatoms. The molecular weight excluding hydrogens is 892 g/mol. The van der Waals surface area contributed by atoms with Crippen LogP contribution in [0.3, 0.4) is 0 Å². The van der Waals surface area contributed by atoms with Gasteiger partial charge in [0.25, 0.3) is 0 Å². The molecule has 0 unspecified atom stereocenters. The average Bonchev–Trinajstić information content (AvgIpc) is 4.23. The van der Waals surface area contributed by atoms with Gasteiger partial charge in [0.1, 0.15) is 0 Å². The van der Waals surface area contributed by atoms with Crippen molar-refractivity contribution in [2.75, 3.05) is 0 Å². The van der Waals surface area contributed by atoms with Crippen molar-refractivity contribution < 1.29 is 0 Å². The Bertz CT molecular complexity index is 4470. The molecule has 11 aromatic carbocycles. The second kappa shape index (κ2) is 16.2. The summed E-state index contributed by atoms with van der Waals surface area (Å²) < 4.78 is 5.37. The molecule has 0 bridgehead atoms. The zero-order valence-corrected chi connectivity index (χ0v) is 40.8. The molecule has 2 aromatic heterocycles. The quantitative estimate of drug-likeness (QED) is 0.141. The smallest absolute Gasteiger partial charge is 0.333 e. The summed E-state index contributed by atoms with van der Waals surface area (Å²) in [6.07, 6.45) is 5.90. The van der Waals surface area contributed by atoms with Gasteiger partial charge in [0.2, 0.25) is 0 Å². The summed E-state index contributed by atoms with van der Waals surface area (Å²) in [5, 5.41) is 5.09. The minimum absolute atomic E-state index is 0.136. The van der Waals surface area contributed by atoms with Gasteiger partial charge in [-0.25, -0.2) is 0 Å². The molecule has 74 heavy (non-hydrogen) atoms. The first-order valence-corrected chi connectivity index (χ1v) is 26.2. The number of benzene rings is 11. The maximum absolute atomic E-state index is 2.74. The van der Waals surface area contributed by atoms with Gasteiger partial charge in [-0.1, -0.05) is 182 Å². The SMILES string of the molecule is C1=C(c2cc(-c3ccccc3)cc(-c3ccc4c5c3-c3cc(-c6ccccc6)cc6c7cc(-c8ccccc8)ccc7n(c36)B5c3cc(-c5ccccc5)cc5c6cc(-c7ccccc7)ccc6n-4c35)c2)CCC1. The summed E-state index contributed by atoms with van der Waals surface area (Å²) in [5.74, 6) is 0. The van der Waals surface area contributed by atoms with E-state index in [4.69, 9.17) is 0 Å². The summed E-state index contributed by atoms with van der Waals surface area (Å²) in [7, 11) is 0. The Morgan fingerprint density at radius 2 is 0.824 bits per heavy atom. The van der Waals surface area contributed by atoms with Crippen molar-refractivity contribution in [3.63, 3.8) is 0 Å². The molecule has 4 heterocycles. The van der Waals surface area contributed by atoms with Gasteiger partial charge < -0.3 is 9.05 Å². The number of allylic oxidation sites excluding steroid dienone is 2. The lowest BCUT2D eigenvalue weighted by Crippen LogP contribution is -2.55. The monoisotopic (exact) mass is 938 g/mol. The van der Waals surface area contributed by atoms with E-state index in [9.17, 15) is 0 Å². The number of nitrogens with zero attached hydrogens (tertiary/aromatic N) is 2. The third kappa shape index (κ3) is 6.20. The predicted octanol–water partition coefficient (Wildman–Crippen LogP) is 17.4. The first kappa shape index (κ1) is 41.4. The standard InChI is InChI=1S/C71H47BN2/c1-6-18-45(19-7-1)51-30-33-65-59(39-51)62-42-56(50-26-14-5-15-27-50)44-64-71(62)73(65)67-35-32-58(57-37-53(47-22-10-3-11-23-47)36-54(38-57)48-28-16-17-29-48)68-63-43-55(49-24-12-4-13-25-49)41-61-60-40-52(46-20-8-2-9-21-46)31-34-66(60)74(70(61)63)72(64)69(67)68/h1-15,18-28,30-44H,16-17,29H2. The van der Waals surface area contributed by atoms with Gasteiger partial charge in [0.15, 0.2) is 0 Å². The molecule has 0 saturated heterocycles. The van der Waals surface area contributed by atoms with Gasteiger partial charge in [-0.3, -0.25) is 0 Å². The van der Waals surface area contributed by atoms with Gasteiger partial charge in [0.05, 0.1) is 11.0 Å². The molecule has 2 aliphatic heterocycles. The predicted molar refractivity (Wildman–Crippen MR) is 314 cm³/mol. The van der Waals surface area contributed by atoms with E-state index < -0.39 is 0 Å². The van der Waals surface area contributed by atoms with E-state index in [0.717, 1.165) is 12.8 Å². The number of hydrogen-bond acceptors (Lipinski definition) is 0. The van der Waals surface area contributed by atoms with E-state index in [0.29, 0.717) is 0 Å². The van der Waals surface area contributed by atoms with Crippen molar-refractivity contribution in [3.05, 3.63) is 254 Å². The van der Waals surface area contributed by atoms with Gasteiger partial charge in [-0.2, -0.15) is 0 Å². The number of fused-ring (bicyclic) bond motifs is 10. The van der Waals surface area contributed by atoms with Crippen LogP contribution in [0.5, 0.6) is 0 Å². The summed E-state index contributed by atoms with van der Waals surface area (Å²) in [6.45, 7) is -0.136. The summed E-state index contributed by atoms with van der Waals surface area (Å²) in [6, 6.07) is 91.5. The van der Waals surface area contributed by atoms with Crippen molar-refractivity contribution in [1.82, 2.24) is 9.05 Å². The Balaban J connectivity index is 1.08. The van der Waals surface area contributed by atoms with Crippen LogP contribution in [0.2, 0.25) is 0 Å². The minimum atomic E-state index is -0.136. The molecule has 0 radical (unpaired) electrons. The Kier molecular flexibility index (Phi) is 9.05. The molecule has 0 atom stereocenters. The van der Waals surface area contributed by atoms with Crippen LogP contribution < -0.4 is 10.9 Å².